The zero-order chi connectivity index (χ0) is 29.0. The van der Waals surface area contributed by atoms with Gasteiger partial charge in [-0.05, 0) is 90.9 Å². The number of nitrogens with zero attached hydrogens (tertiary/aromatic N) is 3. The lowest BCUT2D eigenvalue weighted by atomic mass is 9.86. The molecule has 0 spiro atoms. The molecule has 1 aromatic heterocycles. The van der Waals surface area contributed by atoms with Crippen LogP contribution >= 0.6 is 0 Å². The van der Waals surface area contributed by atoms with Crippen molar-refractivity contribution in [1.29, 1.82) is 0 Å². The van der Waals surface area contributed by atoms with Crippen molar-refractivity contribution in [3.05, 3.63) is 93.9 Å². The first-order valence-corrected chi connectivity index (χ1v) is 14.6. The summed E-state index contributed by atoms with van der Waals surface area (Å²) in [5, 5.41) is 0. The number of H-pyrrole nitrogens is 1. The van der Waals surface area contributed by atoms with Gasteiger partial charge in [0, 0.05) is 74.2 Å². The molecule has 0 radical (unpaired) electrons. The minimum Gasteiger partial charge on any atom is -0.378 e. The van der Waals surface area contributed by atoms with Crippen LogP contribution in [0.2, 0.25) is 0 Å². The topological polar surface area (TPSA) is 34.6 Å². The average Bonchev–Trinajstić information content (AvgIpc) is 3.45. The Morgan fingerprint density at radius 1 is 0.825 bits per heavy atom. The molecule has 0 bridgehead atoms. The second kappa shape index (κ2) is 12.6. The molecule has 0 amide bonds. The number of aromatic nitrogens is 1. The lowest BCUT2D eigenvalue weighted by Crippen LogP contribution is -2.14. The minimum absolute atomic E-state index is 0.378. The quantitative estimate of drug-likeness (QED) is 0.298. The predicted octanol–water partition coefficient (Wildman–Crippen LogP) is 8.75. The van der Waals surface area contributed by atoms with Gasteiger partial charge in [0.2, 0.25) is 0 Å². The van der Waals surface area contributed by atoms with Crippen LogP contribution in [0.5, 0.6) is 0 Å². The second-order valence-corrected chi connectivity index (χ2v) is 11.4. The molecule has 4 rings (SSSR count). The highest BCUT2D eigenvalue weighted by molar-refractivity contribution is 6.03. The number of anilines is 2. The van der Waals surface area contributed by atoms with Gasteiger partial charge < -0.3 is 14.8 Å². The molecule has 1 aliphatic heterocycles. The molecule has 210 valence electrons. The number of hydrogen-bond donors (Lipinski definition) is 1. The van der Waals surface area contributed by atoms with Crippen molar-refractivity contribution in [2.75, 3.05) is 38.0 Å². The third-order valence-electron chi connectivity index (χ3n) is 8.34. The first kappa shape index (κ1) is 29.2. The number of benzene rings is 2. The molecule has 2 atom stereocenters. The Morgan fingerprint density at radius 2 is 1.35 bits per heavy atom. The van der Waals surface area contributed by atoms with Crippen molar-refractivity contribution < 1.29 is 0 Å². The van der Waals surface area contributed by atoms with Crippen LogP contribution in [0.25, 0.3) is 23.8 Å². The molecule has 0 saturated carbocycles. The van der Waals surface area contributed by atoms with Gasteiger partial charge in [-0.25, -0.2) is 0 Å². The normalized spacial score (nSPS) is 18.6. The SMILES string of the molecule is CCc1c(/C=C/c2ccc(N(C)C)cc2)[nH]c(/C(C)=C2N=C(/C=C/c3ccc(N(C)C)cc3)C(CC)C\2C)c1C. The van der Waals surface area contributed by atoms with E-state index in [-0.39, 0.29) is 0 Å². The summed E-state index contributed by atoms with van der Waals surface area (Å²) in [5.74, 6) is 0.801. The number of nitrogens with one attached hydrogen (secondary N) is 1. The van der Waals surface area contributed by atoms with Crippen molar-refractivity contribution in [2.45, 2.75) is 47.5 Å². The van der Waals surface area contributed by atoms with E-state index in [0.717, 1.165) is 12.8 Å². The first-order valence-electron chi connectivity index (χ1n) is 14.6. The summed E-state index contributed by atoms with van der Waals surface area (Å²) >= 11 is 0. The Hall–Kier alpha value is -3.79. The number of rotatable bonds is 9. The van der Waals surface area contributed by atoms with Gasteiger partial charge in [0.05, 0.1) is 0 Å². The summed E-state index contributed by atoms with van der Waals surface area (Å²) in [6.07, 6.45) is 10.9. The molecule has 0 saturated heterocycles. The Kier molecular flexibility index (Phi) is 9.19. The third-order valence-corrected chi connectivity index (χ3v) is 8.34. The van der Waals surface area contributed by atoms with Crippen LogP contribution < -0.4 is 9.80 Å². The van der Waals surface area contributed by atoms with E-state index in [4.69, 9.17) is 4.99 Å². The van der Waals surface area contributed by atoms with Crippen molar-refractivity contribution in [2.24, 2.45) is 16.8 Å². The van der Waals surface area contributed by atoms with Crippen LogP contribution in [-0.4, -0.2) is 38.9 Å². The monoisotopic (exact) mass is 534 g/mol. The molecule has 1 aliphatic rings. The Labute approximate surface area is 241 Å². The van der Waals surface area contributed by atoms with Crippen LogP contribution in [0.4, 0.5) is 11.4 Å². The molecular formula is C36H46N4. The summed E-state index contributed by atoms with van der Waals surface area (Å²) < 4.78 is 0. The molecule has 4 heteroatoms. The first-order chi connectivity index (χ1) is 19.1. The number of aromatic amines is 1. The summed E-state index contributed by atoms with van der Waals surface area (Å²) in [6.45, 7) is 11.3. The van der Waals surface area contributed by atoms with Gasteiger partial charge in [-0.15, -0.1) is 0 Å². The van der Waals surface area contributed by atoms with Crippen LogP contribution in [0, 0.1) is 18.8 Å². The molecule has 1 N–H and O–H groups in total. The maximum absolute atomic E-state index is 5.24. The molecule has 2 aromatic carbocycles. The van der Waals surface area contributed by atoms with E-state index in [1.165, 1.54) is 62.0 Å². The van der Waals surface area contributed by atoms with Gasteiger partial charge in [0.1, 0.15) is 0 Å². The van der Waals surface area contributed by atoms with Crippen molar-refractivity contribution in [3.63, 3.8) is 0 Å². The largest absolute Gasteiger partial charge is 0.378 e. The van der Waals surface area contributed by atoms with Gasteiger partial charge in [-0.2, -0.15) is 0 Å². The summed E-state index contributed by atoms with van der Waals surface area (Å²) in [4.78, 5) is 13.3. The standard InChI is InChI=1S/C36H46N4/c1-10-31-24(3)35(37-33(31)22-16-27-12-18-29(19-13-27)39(6)7)26(5)36-25(4)32(11-2)34(38-36)23-17-28-14-20-30(21-15-28)40(8)9/h12-24,31,38H,10-11H2,1-9H3/b22-16+,23-17+,35-26-. The highest BCUT2D eigenvalue weighted by Gasteiger charge is 2.31. The van der Waals surface area contributed by atoms with Crippen molar-refractivity contribution in [1.82, 2.24) is 4.98 Å². The smallest absolute Gasteiger partial charge is 0.0491 e. The van der Waals surface area contributed by atoms with E-state index in [0.29, 0.717) is 11.8 Å². The van der Waals surface area contributed by atoms with E-state index in [9.17, 15) is 0 Å². The van der Waals surface area contributed by atoms with Gasteiger partial charge in [0.15, 0.2) is 0 Å². The predicted molar refractivity (Wildman–Crippen MR) is 177 cm³/mol. The van der Waals surface area contributed by atoms with E-state index >= 15 is 0 Å². The lowest BCUT2D eigenvalue weighted by Gasteiger charge is -2.16. The molecule has 2 heterocycles. The van der Waals surface area contributed by atoms with Crippen LogP contribution in [-0.2, 0) is 6.42 Å². The van der Waals surface area contributed by atoms with Gasteiger partial charge in [-0.3, -0.25) is 4.99 Å². The van der Waals surface area contributed by atoms with Gasteiger partial charge in [-0.1, -0.05) is 57.2 Å². The number of allylic oxidation sites excluding steroid dienone is 3. The molecule has 4 nitrogen and oxygen atoms in total. The zero-order valence-electron chi connectivity index (χ0n) is 25.8. The summed E-state index contributed by atoms with van der Waals surface area (Å²) in [5.41, 5.74) is 13.6. The molecule has 3 aromatic rings. The molecule has 40 heavy (non-hydrogen) atoms. The number of aliphatic imine (C=N–C) groups is 1. The molecule has 0 fully saturated rings. The fraction of sp³-hybridized carbons (Fsp3) is 0.361. The molecular weight excluding hydrogens is 488 g/mol. The Balaban J connectivity index is 1.64. The number of hydrogen-bond acceptors (Lipinski definition) is 3. The second-order valence-electron chi connectivity index (χ2n) is 11.4. The van der Waals surface area contributed by atoms with E-state index < -0.39 is 0 Å². The molecule has 2 unspecified atom stereocenters. The fourth-order valence-corrected chi connectivity index (χ4v) is 5.81. The summed E-state index contributed by atoms with van der Waals surface area (Å²) in [7, 11) is 8.28. The van der Waals surface area contributed by atoms with E-state index in [1.807, 2.05) is 0 Å². The Morgan fingerprint density at radius 3 is 1.82 bits per heavy atom. The average molecular weight is 535 g/mol. The van der Waals surface area contributed by atoms with E-state index in [2.05, 4.69) is 150 Å². The summed E-state index contributed by atoms with van der Waals surface area (Å²) in [6, 6.07) is 17.3. The van der Waals surface area contributed by atoms with Crippen LogP contribution in [0.3, 0.4) is 0 Å². The zero-order valence-corrected chi connectivity index (χ0v) is 25.8. The minimum atomic E-state index is 0.378. The van der Waals surface area contributed by atoms with Crippen molar-refractivity contribution >= 4 is 40.9 Å². The Bertz CT molecular complexity index is 1430. The fourth-order valence-electron chi connectivity index (χ4n) is 5.81. The maximum Gasteiger partial charge on any atom is 0.0491 e. The van der Waals surface area contributed by atoms with E-state index in [1.54, 1.807) is 0 Å². The van der Waals surface area contributed by atoms with Gasteiger partial charge >= 0.3 is 0 Å². The van der Waals surface area contributed by atoms with Gasteiger partial charge in [0.25, 0.3) is 0 Å². The molecule has 0 aliphatic carbocycles. The lowest BCUT2D eigenvalue weighted by molar-refractivity contribution is 0.529. The highest BCUT2D eigenvalue weighted by Crippen LogP contribution is 2.39. The van der Waals surface area contributed by atoms with Crippen molar-refractivity contribution in [3.8, 4) is 0 Å². The third kappa shape index (κ3) is 6.17. The van der Waals surface area contributed by atoms with Crippen LogP contribution in [0.1, 0.15) is 67.8 Å². The van der Waals surface area contributed by atoms with Crippen LogP contribution in [0.15, 0.2) is 65.3 Å². The highest BCUT2D eigenvalue weighted by atomic mass is 15.1. The maximum atomic E-state index is 5.24.